The Balaban J connectivity index is 2.42. The monoisotopic (exact) mass is 344 g/mol. The summed E-state index contributed by atoms with van der Waals surface area (Å²) < 4.78 is 27.1. The molecule has 1 aromatic heterocycles. The third-order valence-electron chi connectivity index (χ3n) is 2.25. The third kappa shape index (κ3) is 3.02. The Morgan fingerprint density at radius 2 is 2.05 bits per heavy atom. The van der Waals surface area contributed by atoms with Gasteiger partial charge in [0.05, 0.1) is 21.9 Å². The Bertz CT molecular complexity index is 651. The van der Waals surface area contributed by atoms with Gasteiger partial charge in [0.25, 0.3) is 0 Å². The number of halogens is 3. The van der Waals surface area contributed by atoms with Crippen LogP contribution in [0, 0.1) is 11.6 Å². The van der Waals surface area contributed by atoms with Crippen molar-refractivity contribution in [2.75, 3.05) is 5.32 Å². The van der Waals surface area contributed by atoms with Crippen LogP contribution in [0.25, 0.3) is 0 Å². The van der Waals surface area contributed by atoms with Gasteiger partial charge in [-0.1, -0.05) is 12.2 Å². The van der Waals surface area contributed by atoms with Crippen molar-refractivity contribution in [1.82, 2.24) is 10.2 Å². The number of nitrogens with zero attached hydrogens (tertiary/aromatic N) is 2. The van der Waals surface area contributed by atoms with Crippen LogP contribution in [0.2, 0.25) is 0 Å². The molecule has 0 fully saturated rings. The Labute approximate surface area is 121 Å². The standard InChI is InChI=1S/C11H7BrF2N4S/c12-6-3-8(14)9(4-7(6)13)17-11-5(10(15)19)1-2-16-18-11/h1-4H,(H2,15,19)(H,17,18). The number of hydrogen-bond donors (Lipinski definition) is 2. The Morgan fingerprint density at radius 3 is 2.74 bits per heavy atom. The molecule has 0 aliphatic rings. The van der Waals surface area contributed by atoms with Gasteiger partial charge < -0.3 is 11.1 Å². The summed E-state index contributed by atoms with van der Waals surface area (Å²) in [5, 5.41) is 10.0. The molecule has 8 heteroatoms. The fraction of sp³-hybridized carbons (Fsp3) is 0. The highest BCUT2D eigenvalue weighted by atomic mass is 79.9. The molecule has 3 N–H and O–H groups in total. The van der Waals surface area contributed by atoms with E-state index in [4.69, 9.17) is 18.0 Å². The maximum atomic E-state index is 13.7. The molecule has 0 atom stereocenters. The highest BCUT2D eigenvalue weighted by Crippen LogP contribution is 2.26. The van der Waals surface area contributed by atoms with Crippen LogP contribution in [0.15, 0.2) is 28.9 Å². The van der Waals surface area contributed by atoms with Crippen molar-refractivity contribution in [3.63, 3.8) is 0 Å². The second-order valence-corrected chi connectivity index (χ2v) is 4.82. The molecule has 1 aromatic carbocycles. The summed E-state index contributed by atoms with van der Waals surface area (Å²) in [6.07, 6.45) is 1.40. The minimum Gasteiger partial charge on any atom is -0.389 e. The zero-order chi connectivity index (χ0) is 14.0. The fourth-order valence-electron chi connectivity index (χ4n) is 1.37. The van der Waals surface area contributed by atoms with Gasteiger partial charge in [0.2, 0.25) is 0 Å². The van der Waals surface area contributed by atoms with E-state index in [0.717, 1.165) is 12.1 Å². The number of rotatable bonds is 3. The molecule has 19 heavy (non-hydrogen) atoms. The molecule has 0 bridgehead atoms. The molecule has 0 amide bonds. The van der Waals surface area contributed by atoms with Gasteiger partial charge in [-0.25, -0.2) is 8.78 Å². The van der Waals surface area contributed by atoms with Gasteiger partial charge >= 0.3 is 0 Å². The van der Waals surface area contributed by atoms with Crippen LogP contribution in [-0.2, 0) is 0 Å². The second-order valence-electron chi connectivity index (χ2n) is 3.53. The molecule has 0 unspecified atom stereocenters. The van der Waals surface area contributed by atoms with E-state index in [1.807, 2.05) is 0 Å². The lowest BCUT2D eigenvalue weighted by Gasteiger charge is -2.10. The summed E-state index contributed by atoms with van der Waals surface area (Å²) in [4.78, 5) is 0.0791. The molecule has 1 heterocycles. The molecule has 2 aromatic rings. The smallest absolute Gasteiger partial charge is 0.163 e. The van der Waals surface area contributed by atoms with E-state index in [1.165, 1.54) is 12.3 Å². The first-order valence-corrected chi connectivity index (χ1v) is 6.22. The van der Waals surface area contributed by atoms with Crippen LogP contribution in [0.5, 0.6) is 0 Å². The van der Waals surface area contributed by atoms with Crippen molar-refractivity contribution in [2.24, 2.45) is 5.73 Å². The maximum absolute atomic E-state index is 13.7. The van der Waals surface area contributed by atoms with Crippen LogP contribution < -0.4 is 11.1 Å². The minimum absolute atomic E-state index is 0.0317. The first kappa shape index (κ1) is 13.8. The van der Waals surface area contributed by atoms with Gasteiger partial charge in [0.15, 0.2) is 5.82 Å². The van der Waals surface area contributed by atoms with E-state index in [2.05, 4.69) is 31.4 Å². The van der Waals surface area contributed by atoms with Gasteiger partial charge in [0, 0.05) is 6.07 Å². The molecular formula is C11H7BrF2N4S. The number of anilines is 2. The zero-order valence-electron chi connectivity index (χ0n) is 9.32. The van der Waals surface area contributed by atoms with Crippen molar-refractivity contribution >= 4 is 44.6 Å². The molecule has 0 saturated carbocycles. The average Bonchev–Trinajstić information content (AvgIpc) is 2.36. The highest BCUT2D eigenvalue weighted by molar-refractivity contribution is 9.10. The topological polar surface area (TPSA) is 63.8 Å². The molecule has 98 valence electrons. The largest absolute Gasteiger partial charge is 0.389 e. The van der Waals surface area contributed by atoms with Crippen molar-refractivity contribution in [2.45, 2.75) is 0 Å². The molecule has 0 saturated heterocycles. The lowest BCUT2D eigenvalue weighted by Crippen LogP contribution is -2.13. The number of benzene rings is 1. The van der Waals surface area contributed by atoms with E-state index >= 15 is 0 Å². The number of thiocarbonyl (C=S) groups is 1. The van der Waals surface area contributed by atoms with Crippen LogP contribution in [0.4, 0.5) is 20.3 Å². The summed E-state index contributed by atoms with van der Waals surface area (Å²) in [7, 11) is 0. The first-order chi connectivity index (χ1) is 8.99. The molecule has 0 aliphatic carbocycles. The van der Waals surface area contributed by atoms with E-state index in [0.29, 0.717) is 5.56 Å². The van der Waals surface area contributed by atoms with Gasteiger partial charge in [-0.2, -0.15) is 5.10 Å². The molecule has 0 aliphatic heterocycles. The molecule has 4 nitrogen and oxygen atoms in total. The van der Waals surface area contributed by atoms with Crippen molar-refractivity contribution < 1.29 is 8.78 Å². The highest BCUT2D eigenvalue weighted by Gasteiger charge is 2.12. The summed E-state index contributed by atoms with van der Waals surface area (Å²) in [5.41, 5.74) is 5.82. The summed E-state index contributed by atoms with van der Waals surface area (Å²) in [5.74, 6) is -1.09. The lowest BCUT2D eigenvalue weighted by atomic mass is 10.2. The van der Waals surface area contributed by atoms with Crippen molar-refractivity contribution in [3.05, 3.63) is 46.1 Å². The molecule has 2 rings (SSSR count). The van der Waals surface area contributed by atoms with E-state index in [1.54, 1.807) is 0 Å². The SMILES string of the molecule is NC(=S)c1ccnnc1Nc1cc(F)c(Br)cc1F. The van der Waals surface area contributed by atoms with Crippen LogP contribution in [0.1, 0.15) is 5.56 Å². The summed E-state index contributed by atoms with van der Waals surface area (Å²) in [6, 6.07) is 3.54. The third-order valence-corrected chi connectivity index (χ3v) is 3.08. The Hall–Kier alpha value is -1.67. The fourth-order valence-corrected chi connectivity index (χ4v) is 1.85. The predicted molar refractivity (Wildman–Crippen MR) is 75.3 cm³/mol. The molecule has 0 spiro atoms. The zero-order valence-corrected chi connectivity index (χ0v) is 11.7. The van der Waals surface area contributed by atoms with E-state index < -0.39 is 11.6 Å². The van der Waals surface area contributed by atoms with Crippen LogP contribution in [0.3, 0.4) is 0 Å². The van der Waals surface area contributed by atoms with Gasteiger partial charge in [-0.3, -0.25) is 0 Å². The number of aromatic nitrogens is 2. The lowest BCUT2D eigenvalue weighted by molar-refractivity contribution is 0.597. The predicted octanol–water partition coefficient (Wildman–Crippen LogP) is 2.90. The van der Waals surface area contributed by atoms with E-state index in [9.17, 15) is 8.78 Å². The number of nitrogens with two attached hydrogens (primary N) is 1. The maximum Gasteiger partial charge on any atom is 0.163 e. The Kier molecular flexibility index (Phi) is 4.01. The van der Waals surface area contributed by atoms with Gasteiger partial charge in [-0.15, -0.1) is 5.10 Å². The van der Waals surface area contributed by atoms with Crippen LogP contribution in [-0.4, -0.2) is 15.2 Å². The Morgan fingerprint density at radius 1 is 1.32 bits per heavy atom. The first-order valence-electron chi connectivity index (χ1n) is 5.02. The summed E-state index contributed by atoms with van der Waals surface area (Å²) >= 11 is 7.73. The van der Waals surface area contributed by atoms with Crippen LogP contribution >= 0.6 is 28.1 Å². The average molecular weight is 345 g/mol. The van der Waals surface area contributed by atoms with Gasteiger partial charge in [0.1, 0.15) is 16.6 Å². The number of hydrogen-bond acceptors (Lipinski definition) is 4. The molecular weight excluding hydrogens is 338 g/mol. The van der Waals surface area contributed by atoms with Crippen molar-refractivity contribution in [1.29, 1.82) is 0 Å². The molecule has 0 radical (unpaired) electrons. The quantitative estimate of drug-likeness (QED) is 0.662. The minimum atomic E-state index is -0.646. The summed E-state index contributed by atoms with van der Waals surface area (Å²) in [6.45, 7) is 0. The van der Waals surface area contributed by atoms with E-state index in [-0.39, 0.29) is 21.0 Å². The second kappa shape index (κ2) is 5.54. The number of nitrogens with one attached hydrogen (secondary N) is 1. The van der Waals surface area contributed by atoms with Crippen molar-refractivity contribution in [3.8, 4) is 0 Å². The normalized spacial score (nSPS) is 10.3. The van der Waals surface area contributed by atoms with Gasteiger partial charge in [-0.05, 0) is 28.1 Å².